The van der Waals surface area contributed by atoms with Crippen LogP contribution in [0.15, 0.2) is 18.3 Å². The zero-order valence-corrected chi connectivity index (χ0v) is 11.6. The standard InChI is InChI=1S/C13H21ClN2O/c1-4-11(2)16(7-8-17-3)10-13-9-12(14)5-6-15-13/h5-6,9,11H,4,7-8,10H2,1-3H3. The molecule has 0 aliphatic heterocycles. The van der Waals surface area contributed by atoms with Crippen LogP contribution in [0, 0.1) is 0 Å². The van der Waals surface area contributed by atoms with Crippen molar-refractivity contribution in [3.05, 3.63) is 29.0 Å². The molecule has 4 heteroatoms. The predicted molar refractivity (Wildman–Crippen MR) is 71.3 cm³/mol. The summed E-state index contributed by atoms with van der Waals surface area (Å²) in [7, 11) is 1.73. The Labute approximate surface area is 109 Å². The smallest absolute Gasteiger partial charge is 0.0589 e. The summed E-state index contributed by atoms with van der Waals surface area (Å²) < 4.78 is 5.14. The molecule has 0 aliphatic rings. The van der Waals surface area contributed by atoms with E-state index in [1.165, 1.54) is 0 Å². The van der Waals surface area contributed by atoms with E-state index in [1.54, 1.807) is 19.4 Å². The van der Waals surface area contributed by atoms with E-state index in [-0.39, 0.29) is 0 Å². The first-order valence-electron chi connectivity index (χ1n) is 6.00. The second-order valence-corrected chi connectivity index (χ2v) is 4.62. The average molecular weight is 257 g/mol. The van der Waals surface area contributed by atoms with E-state index in [4.69, 9.17) is 16.3 Å². The van der Waals surface area contributed by atoms with Crippen LogP contribution in [0.3, 0.4) is 0 Å². The fraction of sp³-hybridized carbons (Fsp3) is 0.615. The predicted octanol–water partition coefficient (Wildman–Crippen LogP) is 2.98. The summed E-state index contributed by atoms with van der Waals surface area (Å²) in [5, 5.41) is 0.742. The maximum atomic E-state index is 5.96. The van der Waals surface area contributed by atoms with Gasteiger partial charge in [-0.15, -0.1) is 0 Å². The van der Waals surface area contributed by atoms with Crippen LogP contribution in [0.5, 0.6) is 0 Å². The first-order valence-corrected chi connectivity index (χ1v) is 6.38. The lowest BCUT2D eigenvalue weighted by molar-refractivity contribution is 0.117. The third kappa shape index (κ3) is 5.02. The van der Waals surface area contributed by atoms with E-state index >= 15 is 0 Å². The largest absolute Gasteiger partial charge is 0.383 e. The number of aromatic nitrogens is 1. The van der Waals surface area contributed by atoms with Crippen molar-refractivity contribution in [1.29, 1.82) is 0 Å². The second kappa shape index (κ2) is 7.64. The van der Waals surface area contributed by atoms with E-state index in [2.05, 4.69) is 23.7 Å². The van der Waals surface area contributed by atoms with Gasteiger partial charge in [0.25, 0.3) is 0 Å². The van der Waals surface area contributed by atoms with Gasteiger partial charge in [-0.25, -0.2) is 0 Å². The molecule has 3 nitrogen and oxygen atoms in total. The summed E-state index contributed by atoms with van der Waals surface area (Å²) in [5.41, 5.74) is 1.01. The molecule has 1 aromatic heterocycles. The highest BCUT2D eigenvalue weighted by atomic mass is 35.5. The molecule has 17 heavy (non-hydrogen) atoms. The van der Waals surface area contributed by atoms with Gasteiger partial charge in [0.15, 0.2) is 0 Å². The zero-order valence-electron chi connectivity index (χ0n) is 10.8. The van der Waals surface area contributed by atoms with Crippen LogP contribution in [0.2, 0.25) is 5.02 Å². The van der Waals surface area contributed by atoms with Gasteiger partial charge in [-0.1, -0.05) is 18.5 Å². The number of rotatable bonds is 7. The van der Waals surface area contributed by atoms with Crippen molar-refractivity contribution in [2.75, 3.05) is 20.3 Å². The molecule has 0 saturated heterocycles. The van der Waals surface area contributed by atoms with E-state index in [1.807, 2.05) is 6.07 Å². The van der Waals surface area contributed by atoms with Crippen LogP contribution in [0.1, 0.15) is 26.0 Å². The first kappa shape index (κ1) is 14.4. The maximum absolute atomic E-state index is 5.96. The highest BCUT2D eigenvalue weighted by molar-refractivity contribution is 6.30. The van der Waals surface area contributed by atoms with Crippen LogP contribution in [-0.4, -0.2) is 36.2 Å². The molecule has 0 fully saturated rings. The molecule has 0 spiro atoms. The Morgan fingerprint density at radius 3 is 2.88 bits per heavy atom. The SMILES string of the molecule is CCC(C)N(CCOC)Cc1cc(Cl)ccn1. The summed E-state index contributed by atoms with van der Waals surface area (Å²) >= 11 is 5.96. The average Bonchev–Trinajstić information content (AvgIpc) is 2.33. The third-order valence-corrected chi connectivity index (χ3v) is 3.18. The van der Waals surface area contributed by atoms with Gasteiger partial charge < -0.3 is 4.74 Å². The summed E-state index contributed by atoms with van der Waals surface area (Å²) in [6, 6.07) is 4.24. The summed E-state index contributed by atoms with van der Waals surface area (Å²) in [4.78, 5) is 6.70. The number of ether oxygens (including phenoxy) is 1. The minimum Gasteiger partial charge on any atom is -0.383 e. The van der Waals surface area contributed by atoms with Crippen LogP contribution in [0.4, 0.5) is 0 Å². The van der Waals surface area contributed by atoms with Crippen LogP contribution < -0.4 is 0 Å². The molecule has 1 unspecified atom stereocenters. The Morgan fingerprint density at radius 1 is 1.53 bits per heavy atom. The lowest BCUT2D eigenvalue weighted by Gasteiger charge is -2.27. The van der Waals surface area contributed by atoms with E-state index in [0.29, 0.717) is 6.04 Å². The monoisotopic (exact) mass is 256 g/mol. The van der Waals surface area contributed by atoms with E-state index < -0.39 is 0 Å². The lowest BCUT2D eigenvalue weighted by atomic mass is 10.2. The molecule has 1 atom stereocenters. The van der Waals surface area contributed by atoms with Crippen LogP contribution in [-0.2, 0) is 11.3 Å². The Bertz CT molecular complexity index is 333. The van der Waals surface area contributed by atoms with Gasteiger partial charge in [0, 0.05) is 37.5 Å². The van der Waals surface area contributed by atoms with Gasteiger partial charge in [0.1, 0.15) is 0 Å². The Morgan fingerprint density at radius 2 is 2.29 bits per heavy atom. The van der Waals surface area contributed by atoms with Crippen LogP contribution in [0.25, 0.3) is 0 Å². The highest BCUT2D eigenvalue weighted by Crippen LogP contribution is 2.12. The molecule has 0 saturated carbocycles. The van der Waals surface area contributed by atoms with Crippen molar-refractivity contribution in [2.45, 2.75) is 32.9 Å². The van der Waals surface area contributed by atoms with Gasteiger partial charge >= 0.3 is 0 Å². The third-order valence-electron chi connectivity index (χ3n) is 2.94. The number of halogens is 1. The van der Waals surface area contributed by atoms with Crippen molar-refractivity contribution in [2.24, 2.45) is 0 Å². The second-order valence-electron chi connectivity index (χ2n) is 4.19. The molecule has 0 amide bonds. The number of nitrogens with zero attached hydrogens (tertiary/aromatic N) is 2. The number of pyridine rings is 1. The fourth-order valence-corrected chi connectivity index (χ4v) is 1.85. The lowest BCUT2D eigenvalue weighted by Crippen LogP contribution is -2.35. The molecule has 0 radical (unpaired) electrons. The minimum atomic E-state index is 0.519. The molecule has 1 rings (SSSR count). The topological polar surface area (TPSA) is 25.4 Å². The van der Waals surface area contributed by atoms with Crippen LogP contribution >= 0.6 is 11.6 Å². The first-order chi connectivity index (χ1) is 8.17. The van der Waals surface area contributed by atoms with Gasteiger partial charge in [-0.2, -0.15) is 0 Å². The van der Waals surface area contributed by atoms with Gasteiger partial charge in [0.05, 0.1) is 12.3 Å². The molecular weight excluding hydrogens is 236 g/mol. The number of hydrogen-bond acceptors (Lipinski definition) is 3. The molecule has 0 aromatic carbocycles. The summed E-state index contributed by atoms with van der Waals surface area (Å²) in [5.74, 6) is 0. The highest BCUT2D eigenvalue weighted by Gasteiger charge is 2.13. The van der Waals surface area contributed by atoms with Crippen molar-refractivity contribution in [3.8, 4) is 0 Å². The molecular formula is C13H21ClN2O. The van der Waals surface area contributed by atoms with E-state index in [9.17, 15) is 0 Å². The summed E-state index contributed by atoms with van der Waals surface area (Å²) in [6.07, 6.45) is 2.87. The summed E-state index contributed by atoms with van der Waals surface area (Å²) in [6.45, 7) is 6.89. The number of methoxy groups -OCH3 is 1. The van der Waals surface area contributed by atoms with Crippen molar-refractivity contribution in [1.82, 2.24) is 9.88 Å². The van der Waals surface area contributed by atoms with Crippen molar-refractivity contribution in [3.63, 3.8) is 0 Å². The number of hydrogen-bond donors (Lipinski definition) is 0. The fourth-order valence-electron chi connectivity index (χ4n) is 1.67. The van der Waals surface area contributed by atoms with E-state index in [0.717, 1.165) is 36.8 Å². The minimum absolute atomic E-state index is 0.519. The molecule has 0 aliphatic carbocycles. The molecule has 1 aromatic rings. The van der Waals surface area contributed by atoms with Crippen molar-refractivity contribution < 1.29 is 4.74 Å². The Hall–Kier alpha value is -0.640. The zero-order chi connectivity index (χ0) is 12.7. The van der Waals surface area contributed by atoms with Gasteiger partial charge in [0.2, 0.25) is 0 Å². The quantitative estimate of drug-likeness (QED) is 0.750. The molecule has 0 bridgehead atoms. The molecule has 96 valence electrons. The molecule has 0 N–H and O–H groups in total. The van der Waals surface area contributed by atoms with Crippen molar-refractivity contribution >= 4 is 11.6 Å². The maximum Gasteiger partial charge on any atom is 0.0589 e. The Balaban J connectivity index is 2.64. The Kier molecular flexibility index (Phi) is 6.48. The van der Waals surface area contributed by atoms with Gasteiger partial charge in [-0.3, -0.25) is 9.88 Å². The van der Waals surface area contributed by atoms with Gasteiger partial charge in [-0.05, 0) is 25.5 Å². The normalized spacial score (nSPS) is 13.0. The molecule has 1 heterocycles.